The minimum atomic E-state index is -0.362. The van der Waals surface area contributed by atoms with Crippen LogP contribution in [0.25, 0.3) is 0 Å². The quantitative estimate of drug-likeness (QED) is 0.518. The third kappa shape index (κ3) is 2.19. The average Bonchev–Trinajstić information content (AvgIpc) is 2.05. The van der Waals surface area contributed by atoms with E-state index in [1.54, 1.807) is 13.1 Å². The molecule has 0 saturated heterocycles. The molecule has 0 aliphatic heterocycles. The summed E-state index contributed by atoms with van der Waals surface area (Å²) in [7, 11) is 0. The molecule has 0 aliphatic carbocycles. The summed E-state index contributed by atoms with van der Waals surface area (Å²) in [6.07, 6.45) is 2.71. The van der Waals surface area contributed by atoms with Gasteiger partial charge in [0.15, 0.2) is 0 Å². The third-order valence-corrected chi connectivity index (χ3v) is 1.56. The Hall–Kier alpha value is -1.12. The van der Waals surface area contributed by atoms with Gasteiger partial charge in [-0.1, -0.05) is 0 Å². The molecular formula is C8H7FN2S. The van der Waals surface area contributed by atoms with Gasteiger partial charge in [-0.3, -0.25) is 4.98 Å². The van der Waals surface area contributed by atoms with Crippen LogP contribution in [0.3, 0.4) is 0 Å². The van der Waals surface area contributed by atoms with E-state index in [0.29, 0.717) is 5.56 Å². The summed E-state index contributed by atoms with van der Waals surface area (Å²) < 4.78 is 12.6. The van der Waals surface area contributed by atoms with Gasteiger partial charge in [0.05, 0.1) is 17.4 Å². The molecule has 0 fully saturated rings. The number of thiocarbonyl (C=S) groups is 1. The lowest BCUT2D eigenvalue weighted by Gasteiger charge is -2.02. The van der Waals surface area contributed by atoms with Crippen LogP contribution >= 0.6 is 12.2 Å². The number of rotatable bonds is 2. The molecular weight excluding hydrogens is 175 g/mol. The number of aromatic nitrogens is 1. The minimum Gasteiger partial charge on any atom is -0.261 e. The van der Waals surface area contributed by atoms with Gasteiger partial charge < -0.3 is 0 Å². The first-order valence-corrected chi connectivity index (χ1v) is 3.82. The summed E-state index contributed by atoms with van der Waals surface area (Å²) in [6.45, 7) is 1.80. The number of hydrogen-bond acceptors (Lipinski definition) is 3. The van der Waals surface area contributed by atoms with E-state index in [0.717, 1.165) is 6.20 Å². The monoisotopic (exact) mass is 182 g/mol. The van der Waals surface area contributed by atoms with Gasteiger partial charge in [0.25, 0.3) is 0 Å². The zero-order valence-electron chi connectivity index (χ0n) is 6.49. The lowest BCUT2D eigenvalue weighted by molar-refractivity contribution is 0.615. The van der Waals surface area contributed by atoms with Crippen molar-refractivity contribution in [1.82, 2.24) is 4.98 Å². The van der Waals surface area contributed by atoms with Gasteiger partial charge in [-0.15, -0.1) is 0 Å². The summed E-state index contributed by atoms with van der Waals surface area (Å²) in [5.41, 5.74) is 0.701. The van der Waals surface area contributed by atoms with Gasteiger partial charge in [0, 0.05) is 6.20 Å². The Kier molecular flexibility index (Phi) is 3.02. The van der Waals surface area contributed by atoms with E-state index in [1.165, 1.54) is 6.07 Å². The number of nitrogens with zero attached hydrogens (tertiary/aromatic N) is 2. The van der Waals surface area contributed by atoms with Crippen molar-refractivity contribution in [3.8, 4) is 0 Å². The van der Waals surface area contributed by atoms with Crippen molar-refractivity contribution < 1.29 is 4.39 Å². The first-order valence-electron chi connectivity index (χ1n) is 3.41. The zero-order valence-corrected chi connectivity index (χ0v) is 7.31. The van der Waals surface area contributed by atoms with Crippen LogP contribution in [0.2, 0.25) is 0 Å². The molecule has 1 aromatic rings. The van der Waals surface area contributed by atoms with Gasteiger partial charge >= 0.3 is 0 Å². The molecule has 62 valence electrons. The molecule has 1 rings (SSSR count). The maximum absolute atomic E-state index is 12.6. The molecule has 1 atom stereocenters. The summed E-state index contributed by atoms with van der Waals surface area (Å²) in [5, 5.41) is 2.24. The van der Waals surface area contributed by atoms with Crippen LogP contribution in [-0.2, 0) is 0 Å². The summed E-state index contributed by atoms with van der Waals surface area (Å²) in [4.78, 5) is 7.48. The van der Waals surface area contributed by atoms with E-state index in [4.69, 9.17) is 0 Å². The van der Waals surface area contributed by atoms with Crippen LogP contribution in [0.1, 0.15) is 18.5 Å². The van der Waals surface area contributed by atoms with Crippen LogP contribution in [0.5, 0.6) is 0 Å². The maximum atomic E-state index is 12.6. The molecule has 4 heteroatoms. The maximum Gasteiger partial charge on any atom is 0.141 e. The highest BCUT2D eigenvalue weighted by Crippen LogP contribution is 2.14. The molecule has 0 amide bonds. The average molecular weight is 182 g/mol. The Bertz CT molecular complexity index is 321. The van der Waals surface area contributed by atoms with Crippen molar-refractivity contribution in [2.75, 3.05) is 0 Å². The standard InChI is InChI=1S/C8H7FN2S/c1-6(11-5-12)7-2-8(9)4-10-3-7/h2-4,6H,1H3. The van der Waals surface area contributed by atoms with Gasteiger partial charge in [0.2, 0.25) is 0 Å². The van der Waals surface area contributed by atoms with Crippen molar-refractivity contribution in [3.63, 3.8) is 0 Å². The Morgan fingerprint density at radius 2 is 2.42 bits per heavy atom. The molecule has 0 radical (unpaired) electrons. The lowest BCUT2D eigenvalue weighted by Crippen LogP contribution is -1.91. The second kappa shape index (κ2) is 4.04. The smallest absolute Gasteiger partial charge is 0.141 e. The van der Waals surface area contributed by atoms with E-state index in [2.05, 4.69) is 27.4 Å². The molecule has 12 heavy (non-hydrogen) atoms. The number of hydrogen-bond donors (Lipinski definition) is 0. The molecule has 0 spiro atoms. The van der Waals surface area contributed by atoms with E-state index in [-0.39, 0.29) is 11.9 Å². The van der Waals surface area contributed by atoms with Crippen LogP contribution < -0.4 is 0 Å². The van der Waals surface area contributed by atoms with Crippen LogP contribution in [0, 0.1) is 5.82 Å². The number of pyridine rings is 1. The predicted molar refractivity (Wildman–Crippen MR) is 47.6 cm³/mol. The molecule has 0 aliphatic rings. The largest absolute Gasteiger partial charge is 0.261 e. The van der Waals surface area contributed by atoms with Gasteiger partial charge in [-0.2, -0.15) is 0 Å². The highest BCUT2D eigenvalue weighted by molar-refractivity contribution is 7.78. The molecule has 0 aromatic carbocycles. The summed E-state index contributed by atoms with van der Waals surface area (Å²) in [5.74, 6) is -0.362. The van der Waals surface area contributed by atoms with Gasteiger partial charge in [-0.25, -0.2) is 9.38 Å². The van der Waals surface area contributed by atoms with Gasteiger partial charge in [0.1, 0.15) is 5.82 Å². The number of halogens is 1. The fourth-order valence-electron chi connectivity index (χ4n) is 0.810. The Morgan fingerprint density at radius 1 is 1.67 bits per heavy atom. The molecule has 0 saturated carbocycles. The summed E-state index contributed by atoms with van der Waals surface area (Å²) in [6, 6.07) is 1.21. The van der Waals surface area contributed by atoms with Crippen molar-refractivity contribution in [1.29, 1.82) is 0 Å². The van der Waals surface area contributed by atoms with Crippen molar-refractivity contribution in [2.24, 2.45) is 4.99 Å². The highest BCUT2D eigenvalue weighted by atomic mass is 32.1. The lowest BCUT2D eigenvalue weighted by atomic mass is 10.1. The molecule has 0 bridgehead atoms. The van der Waals surface area contributed by atoms with Crippen molar-refractivity contribution in [3.05, 3.63) is 29.8 Å². The predicted octanol–water partition coefficient (Wildman–Crippen LogP) is 2.38. The Balaban J connectivity index is 2.94. The minimum absolute atomic E-state index is 0.175. The van der Waals surface area contributed by atoms with Crippen molar-refractivity contribution >= 4 is 17.4 Å². The first kappa shape index (κ1) is 8.97. The number of isothiocyanates is 1. The molecule has 1 unspecified atom stereocenters. The molecule has 1 heterocycles. The Morgan fingerprint density at radius 3 is 3.00 bits per heavy atom. The zero-order chi connectivity index (χ0) is 8.97. The van der Waals surface area contributed by atoms with E-state index in [9.17, 15) is 4.39 Å². The summed E-state index contributed by atoms with van der Waals surface area (Å²) >= 11 is 4.43. The van der Waals surface area contributed by atoms with Gasteiger partial charge in [-0.05, 0) is 30.8 Å². The Labute approximate surface area is 75.2 Å². The molecule has 0 N–H and O–H groups in total. The normalized spacial score (nSPS) is 11.8. The van der Waals surface area contributed by atoms with E-state index in [1.807, 2.05) is 0 Å². The third-order valence-electron chi connectivity index (χ3n) is 1.45. The van der Waals surface area contributed by atoms with Crippen LogP contribution in [-0.4, -0.2) is 10.1 Å². The highest BCUT2D eigenvalue weighted by Gasteiger charge is 2.03. The number of aliphatic imine (C=N–C) groups is 1. The van der Waals surface area contributed by atoms with E-state index >= 15 is 0 Å². The first-order chi connectivity index (χ1) is 5.74. The van der Waals surface area contributed by atoms with Crippen LogP contribution in [0.4, 0.5) is 4.39 Å². The molecule has 2 nitrogen and oxygen atoms in total. The van der Waals surface area contributed by atoms with E-state index < -0.39 is 0 Å². The van der Waals surface area contributed by atoms with Crippen LogP contribution in [0.15, 0.2) is 23.5 Å². The fourth-order valence-corrected chi connectivity index (χ4v) is 0.968. The molecule has 1 aromatic heterocycles. The SMILES string of the molecule is CC(N=C=S)c1cncc(F)c1. The van der Waals surface area contributed by atoms with Crippen molar-refractivity contribution in [2.45, 2.75) is 13.0 Å². The second-order valence-electron chi connectivity index (χ2n) is 2.33. The fraction of sp³-hybridized carbons (Fsp3) is 0.250. The second-order valence-corrected chi connectivity index (χ2v) is 2.52. The topological polar surface area (TPSA) is 25.2 Å².